The van der Waals surface area contributed by atoms with Crippen molar-refractivity contribution in [1.82, 2.24) is 0 Å². The van der Waals surface area contributed by atoms with Crippen molar-refractivity contribution in [2.75, 3.05) is 6.61 Å². The molecule has 1 aliphatic rings. The van der Waals surface area contributed by atoms with Gasteiger partial charge in [-0.2, -0.15) is 0 Å². The molecule has 1 saturated heterocycles. The Hall–Kier alpha value is -0.600. The molecule has 2 atom stereocenters. The van der Waals surface area contributed by atoms with Gasteiger partial charge in [-0.3, -0.25) is 0 Å². The van der Waals surface area contributed by atoms with E-state index in [-0.39, 0.29) is 17.3 Å². The second-order valence-electron chi connectivity index (χ2n) is 4.35. The maximum Gasteiger partial charge on any atom is 0.126 e. The van der Waals surface area contributed by atoms with E-state index in [4.69, 9.17) is 16.3 Å². The van der Waals surface area contributed by atoms with Crippen LogP contribution >= 0.6 is 11.6 Å². The summed E-state index contributed by atoms with van der Waals surface area (Å²) in [5.74, 6) is -0.176. The van der Waals surface area contributed by atoms with Crippen LogP contribution in [0.25, 0.3) is 0 Å². The SMILES string of the molecule is Cc1cc(C(Cl)CC2CCCO2)ccc1F. The smallest absolute Gasteiger partial charge is 0.126 e. The minimum Gasteiger partial charge on any atom is -0.378 e. The monoisotopic (exact) mass is 242 g/mol. The molecule has 0 N–H and O–H groups in total. The zero-order valence-corrected chi connectivity index (χ0v) is 10.1. The van der Waals surface area contributed by atoms with Crippen molar-refractivity contribution in [3.05, 3.63) is 35.1 Å². The Kier molecular flexibility index (Phi) is 3.82. The van der Waals surface area contributed by atoms with E-state index >= 15 is 0 Å². The van der Waals surface area contributed by atoms with Gasteiger partial charge in [0.1, 0.15) is 5.82 Å². The molecule has 0 bridgehead atoms. The number of rotatable bonds is 3. The number of hydrogen-bond donors (Lipinski definition) is 0. The number of aryl methyl sites for hydroxylation is 1. The highest BCUT2D eigenvalue weighted by molar-refractivity contribution is 6.20. The van der Waals surface area contributed by atoms with Crippen LogP contribution in [0.1, 0.15) is 35.8 Å². The number of hydrogen-bond acceptors (Lipinski definition) is 1. The van der Waals surface area contributed by atoms with Gasteiger partial charge in [-0.25, -0.2) is 4.39 Å². The fourth-order valence-electron chi connectivity index (χ4n) is 2.06. The van der Waals surface area contributed by atoms with Crippen LogP contribution in [0.2, 0.25) is 0 Å². The van der Waals surface area contributed by atoms with Crippen molar-refractivity contribution in [3.63, 3.8) is 0 Å². The fourth-order valence-corrected chi connectivity index (χ4v) is 2.39. The highest BCUT2D eigenvalue weighted by Gasteiger charge is 2.20. The third-order valence-corrected chi connectivity index (χ3v) is 3.47. The summed E-state index contributed by atoms with van der Waals surface area (Å²) in [5.41, 5.74) is 1.63. The van der Waals surface area contributed by atoms with E-state index in [1.807, 2.05) is 6.07 Å². The molecule has 2 rings (SSSR count). The molecule has 0 aromatic heterocycles. The average molecular weight is 243 g/mol. The summed E-state index contributed by atoms with van der Waals surface area (Å²) in [4.78, 5) is 0. The van der Waals surface area contributed by atoms with Crippen LogP contribution in [0.15, 0.2) is 18.2 Å². The summed E-state index contributed by atoms with van der Waals surface area (Å²) in [6, 6.07) is 5.06. The molecule has 0 amide bonds. The molecular weight excluding hydrogens is 227 g/mol. The van der Waals surface area contributed by atoms with Crippen molar-refractivity contribution < 1.29 is 9.13 Å². The predicted octanol–water partition coefficient (Wildman–Crippen LogP) is 3.98. The van der Waals surface area contributed by atoms with Crippen LogP contribution in [-0.2, 0) is 4.74 Å². The van der Waals surface area contributed by atoms with Gasteiger partial charge in [-0.05, 0) is 43.4 Å². The van der Waals surface area contributed by atoms with Gasteiger partial charge in [0.15, 0.2) is 0 Å². The molecule has 1 aliphatic heterocycles. The van der Waals surface area contributed by atoms with Crippen molar-refractivity contribution in [2.45, 2.75) is 37.7 Å². The van der Waals surface area contributed by atoms with Crippen molar-refractivity contribution in [1.29, 1.82) is 0 Å². The van der Waals surface area contributed by atoms with Crippen LogP contribution in [0.3, 0.4) is 0 Å². The van der Waals surface area contributed by atoms with E-state index in [2.05, 4.69) is 0 Å². The molecule has 1 nitrogen and oxygen atoms in total. The predicted molar refractivity (Wildman–Crippen MR) is 63.3 cm³/mol. The van der Waals surface area contributed by atoms with Crippen LogP contribution < -0.4 is 0 Å². The molecule has 1 fully saturated rings. The molecule has 2 unspecified atom stereocenters. The molecule has 0 saturated carbocycles. The molecule has 0 radical (unpaired) electrons. The average Bonchev–Trinajstić information content (AvgIpc) is 2.74. The molecule has 1 heterocycles. The third kappa shape index (κ3) is 2.74. The zero-order chi connectivity index (χ0) is 11.5. The third-order valence-electron chi connectivity index (χ3n) is 3.04. The van der Waals surface area contributed by atoms with Crippen LogP contribution in [0.4, 0.5) is 4.39 Å². The summed E-state index contributed by atoms with van der Waals surface area (Å²) in [7, 11) is 0. The lowest BCUT2D eigenvalue weighted by Crippen LogP contribution is -2.08. The summed E-state index contributed by atoms with van der Waals surface area (Å²) in [6.45, 7) is 2.60. The summed E-state index contributed by atoms with van der Waals surface area (Å²) >= 11 is 6.31. The molecule has 1 aromatic rings. The number of alkyl halides is 1. The lowest BCUT2D eigenvalue weighted by Gasteiger charge is -2.15. The normalized spacial score (nSPS) is 22.3. The Balaban J connectivity index is 2.02. The van der Waals surface area contributed by atoms with E-state index in [1.165, 1.54) is 6.07 Å². The van der Waals surface area contributed by atoms with Crippen LogP contribution in [-0.4, -0.2) is 12.7 Å². The summed E-state index contributed by atoms with van der Waals surface area (Å²) in [5, 5.41) is -0.0811. The van der Waals surface area contributed by atoms with E-state index in [9.17, 15) is 4.39 Å². The van der Waals surface area contributed by atoms with Gasteiger partial charge in [0, 0.05) is 6.61 Å². The molecule has 1 aromatic carbocycles. The molecule has 0 spiro atoms. The van der Waals surface area contributed by atoms with Crippen LogP contribution in [0.5, 0.6) is 0 Å². The fraction of sp³-hybridized carbons (Fsp3) is 0.538. The van der Waals surface area contributed by atoms with Gasteiger partial charge in [0.2, 0.25) is 0 Å². The standard InChI is InChI=1S/C13H16ClFO/c1-9-7-10(4-5-13(9)15)12(14)8-11-3-2-6-16-11/h4-5,7,11-12H,2-3,6,8H2,1H3. The topological polar surface area (TPSA) is 9.23 Å². The minimum atomic E-state index is -0.176. The Morgan fingerprint density at radius 1 is 1.56 bits per heavy atom. The first kappa shape index (κ1) is 11.9. The highest BCUT2D eigenvalue weighted by atomic mass is 35.5. The highest BCUT2D eigenvalue weighted by Crippen LogP contribution is 2.30. The number of ether oxygens (including phenoxy) is 1. The first-order valence-electron chi connectivity index (χ1n) is 5.68. The number of benzene rings is 1. The summed E-state index contributed by atoms with van der Waals surface area (Å²) < 4.78 is 18.6. The first-order chi connectivity index (χ1) is 7.66. The summed E-state index contributed by atoms with van der Waals surface area (Å²) in [6.07, 6.45) is 3.29. The van der Waals surface area contributed by atoms with Gasteiger partial charge in [-0.1, -0.05) is 12.1 Å². The lowest BCUT2D eigenvalue weighted by atomic mass is 10.0. The lowest BCUT2D eigenvalue weighted by molar-refractivity contribution is 0.103. The number of halogens is 2. The zero-order valence-electron chi connectivity index (χ0n) is 9.38. The van der Waals surface area contributed by atoms with E-state index in [1.54, 1.807) is 13.0 Å². The second-order valence-corrected chi connectivity index (χ2v) is 4.87. The largest absolute Gasteiger partial charge is 0.378 e. The Morgan fingerprint density at radius 3 is 3.00 bits per heavy atom. The minimum absolute atomic E-state index is 0.0811. The Labute approximate surface area is 101 Å². The van der Waals surface area contributed by atoms with E-state index < -0.39 is 0 Å². The van der Waals surface area contributed by atoms with Crippen molar-refractivity contribution >= 4 is 11.6 Å². The van der Waals surface area contributed by atoms with Crippen molar-refractivity contribution in [2.24, 2.45) is 0 Å². The first-order valence-corrected chi connectivity index (χ1v) is 6.12. The molecule has 16 heavy (non-hydrogen) atoms. The maximum atomic E-state index is 13.1. The second kappa shape index (κ2) is 5.15. The molecular formula is C13H16ClFO. The van der Waals surface area contributed by atoms with Gasteiger partial charge in [0.25, 0.3) is 0 Å². The van der Waals surface area contributed by atoms with E-state index in [0.29, 0.717) is 5.56 Å². The van der Waals surface area contributed by atoms with Gasteiger partial charge in [-0.15, -0.1) is 11.6 Å². The molecule has 3 heteroatoms. The van der Waals surface area contributed by atoms with Gasteiger partial charge in [0.05, 0.1) is 11.5 Å². The van der Waals surface area contributed by atoms with Gasteiger partial charge >= 0.3 is 0 Å². The Morgan fingerprint density at radius 2 is 2.38 bits per heavy atom. The van der Waals surface area contributed by atoms with Crippen LogP contribution in [0, 0.1) is 12.7 Å². The van der Waals surface area contributed by atoms with Gasteiger partial charge < -0.3 is 4.74 Å². The molecule has 88 valence electrons. The van der Waals surface area contributed by atoms with E-state index in [0.717, 1.165) is 31.4 Å². The Bertz CT molecular complexity index is 361. The molecule has 0 aliphatic carbocycles. The van der Waals surface area contributed by atoms with Crippen molar-refractivity contribution in [3.8, 4) is 0 Å². The maximum absolute atomic E-state index is 13.1. The quantitative estimate of drug-likeness (QED) is 0.729.